The molecule has 1 aliphatic rings. The molecule has 0 aliphatic heterocycles. The minimum atomic E-state index is -0.511. The van der Waals surface area contributed by atoms with Crippen LogP contribution in [0.1, 0.15) is 19.3 Å². The molecule has 5 nitrogen and oxygen atoms in total. The van der Waals surface area contributed by atoms with E-state index in [4.69, 9.17) is 5.73 Å². The Labute approximate surface area is 97.6 Å². The van der Waals surface area contributed by atoms with Gasteiger partial charge in [0.25, 0.3) is 0 Å². The second kappa shape index (κ2) is 4.69. The zero-order valence-corrected chi connectivity index (χ0v) is 9.57. The predicted octanol–water partition coefficient (Wildman–Crippen LogP) is 2.46. The zero-order valence-electron chi connectivity index (χ0n) is 8.76. The van der Waals surface area contributed by atoms with E-state index in [9.17, 15) is 10.1 Å². The molecule has 0 unspecified atom stereocenters. The molecule has 0 bridgehead atoms. The van der Waals surface area contributed by atoms with Gasteiger partial charge in [-0.05, 0) is 24.8 Å². The average Bonchev–Trinajstić information content (AvgIpc) is 2.14. The van der Waals surface area contributed by atoms with Crippen molar-refractivity contribution in [2.75, 3.05) is 11.5 Å². The van der Waals surface area contributed by atoms with Gasteiger partial charge < -0.3 is 5.73 Å². The monoisotopic (exact) mass is 239 g/mol. The maximum absolute atomic E-state index is 10.5. The average molecular weight is 239 g/mol. The summed E-state index contributed by atoms with van der Waals surface area (Å²) < 4.78 is 0. The minimum absolute atomic E-state index is 0.00334. The Kier molecular flexibility index (Phi) is 3.28. The Morgan fingerprint density at radius 3 is 2.81 bits per heavy atom. The first-order valence-electron chi connectivity index (χ1n) is 5.20. The standard InChI is InChI=1S/C10H13N3O2S/c11-10-8(13(14)15)4-5-9(12-10)16-6-7-2-1-3-7/h4-5,7H,1-3,6H2,(H2,11,12). The van der Waals surface area contributed by atoms with Crippen LogP contribution in [0.25, 0.3) is 0 Å². The second-order valence-corrected chi connectivity index (χ2v) is 4.96. The van der Waals surface area contributed by atoms with Crippen molar-refractivity contribution in [3.63, 3.8) is 0 Å². The van der Waals surface area contributed by atoms with Crippen molar-refractivity contribution in [1.82, 2.24) is 4.98 Å². The van der Waals surface area contributed by atoms with Gasteiger partial charge in [0.1, 0.15) is 0 Å². The van der Waals surface area contributed by atoms with Gasteiger partial charge in [-0.2, -0.15) is 0 Å². The van der Waals surface area contributed by atoms with Gasteiger partial charge in [0, 0.05) is 11.8 Å². The van der Waals surface area contributed by atoms with E-state index in [-0.39, 0.29) is 11.5 Å². The fourth-order valence-corrected chi connectivity index (χ4v) is 2.61. The number of hydrogen-bond acceptors (Lipinski definition) is 5. The molecule has 2 rings (SSSR count). The summed E-state index contributed by atoms with van der Waals surface area (Å²) in [5, 5.41) is 11.3. The Morgan fingerprint density at radius 1 is 1.56 bits per heavy atom. The van der Waals surface area contributed by atoms with Crippen molar-refractivity contribution in [3.05, 3.63) is 22.2 Å². The normalized spacial score (nSPS) is 15.8. The Balaban J connectivity index is 1.99. The molecule has 0 saturated heterocycles. The molecule has 0 amide bonds. The third-order valence-corrected chi connectivity index (χ3v) is 3.93. The third kappa shape index (κ3) is 2.44. The van der Waals surface area contributed by atoms with Gasteiger partial charge in [0.15, 0.2) is 0 Å². The summed E-state index contributed by atoms with van der Waals surface area (Å²) in [7, 11) is 0. The molecule has 1 aromatic rings. The number of nitro groups is 1. The van der Waals surface area contributed by atoms with Gasteiger partial charge in [-0.3, -0.25) is 10.1 Å². The molecule has 1 saturated carbocycles. The fourth-order valence-electron chi connectivity index (χ4n) is 1.55. The Bertz CT molecular complexity index is 407. The first-order valence-corrected chi connectivity index (χ1v) is 6.19. The van der Waals surface area contributed by atoms with Crippen LogP contribution in [0.3, 0.4) is 0 Å². The highest BCUT2D eigenvalue weighted by Gasteiger charge is 2.18. The van der Waals surface area contributed by atoms with E-state index in [1.807, 2.05) is 0 Å². The van der Waals surface area contributed by atoms with Gasteiger partial charge in [0.2, 0.25) is 5.82 Å². The molecule has 16 heavy (non-hydrogen) atoms. The van der Waals surface area contributed by atoms with E-state index in [2.05, 4.69) is 4.98 Å². The van der Waals surface area contributed by atoms with Crippen LogP contribution < -0.4 is 5.73 Å². The van der Waals surface area contributed by atoms with Gasteiger partial charge in [-0.25, -0.2) is 4.98 Å². The first kappa shape index (κ1) is 11.2. The molecule has 1 heterocycles. The summed E-state index contributed by atoms with van der Waals surface area (Å²) in [4.78, 5) is 14.0. The summed E-state index contributed by atoms with van der Waals surface area (Å²) in [5.41, 5.74) is 5.39. The lowest BCUT2D eigenvalue weighted by molar-refractivity contribution is -0.384. The zero-order chi connectivity index (χ0) is 11.5. The lowest BCUT2D eigenvalue weighted by atomic mass is 9.87. The van der Waals surface area contributed by atoms with Crippen LogP contribution >= 0.6 is 11.8 Å². The lowest BCUT2D eigenvalue weighted by Gasteiger charge is -2.24. The van der Waals surface area contributed by atoms with E-state index in [0.717, 1.165) is 16.7 Å². The van der Waals surface area contributed by atoms with Crippen LogP contribution in [0, 0.1) is 16.0 Å². The maximum Gasteiger partial charge on any atom is 0.311 e. The van der Waals surface area contributed by atoms with Gasteiger partial charge >= 0.3 is 5.69 Å². The van der Waals surface area contributed by atoms with Crippen LogP contribution in [0.5, 0.6) is 0 Å². The first-order chi connectivity index (χ1) is 7.66. The third-order valence-electron chi connectivity index (χ3n) is 2.77. The maximum atomic E-state index is 10.5. The van der Waals surface area contributed by atoms with Crippen LogP contribution in [0.15, 0.2) is 17.2 Å². The molecule has 2 N–H and O–H groups in total. The smallest absolute Gasteiger partial charge is 0.311 e. The highest BCUT2D eigenvalue weighted by Crippen LogP contribution is 2.32. The number of thioether (sulfide) groups is 1. The topological polar surface area (TPSA) is 82.0 Å². The highest BCUT2D eigenvalue weighted by atomic mass is 32.2. The van der Waals surface area contributed by atoms with Crippen LogP contribution in [0.2, 0.25) is 0 Å². The molecule has 1 aromatic heterocycles. The van der Waals surface area contributed by atoms with Gasteiger partial charge in [-0.1, -0.05) is 6.42 Å². The van der Waals surface area contributed by atoms with Gasteiger partial charge in [-0.15, -0.1) is 11.8 Å². The highest BCUT2D eigenvalue weighted by molar-refractivity contribution is 7.99. The van der Waals surface area contributed by atoms with Crippen molar-refractivity contribution in [2.45, 2.75) is 24.3 Å². The number of nitrogens with two attached hydrogens (primary N) is 1. The van der Waals surface area contributed by atoms with E-state index in [0.29, 0.717) is 0 Å². The van der Waals surface area contributed by atoms with E-state index >= 15 is 0 Å². The van der Waals surface area contributed by atoms with Crippen molar-refractivity contribution in [3.8, 4) is 0 Å². The number of aromatic nitrogens is 1. The number of nitrogen functional groups attached to an aromatic ring is 1. The summed E-state index contributed by atoms with van der Waals surface area (Å²) in [6, 6.07) is 3.09. The molecule has 0 aromatic carbocycles. The number of pyridine rings is 1. The lowest BCUT2D eigenvalue weighted by Crippen LogP contribution is -2.13. The van der Waals surface area contributed by atoms with E-state index in [1.54, 1.807) is 17.8 Å². The molecular weight excluding hydrogens is 226 g/mol. The largest absolute Gasteiger partial charge is 0.378 e. The van der Waals surface area contributed by atoms with E-state index < -0.39 is 4.92 Å². The second-order valence-electron chi connectivity index (χ2n) is 3.92. The van der Waals surface area contributed by atoms with Crippen molar-refractivity contribution < 1.29 is 4.92 Å². The van der Waals surface area contributed by atoms with Crippen molar-refractivity contribution in [2.24, 2.45) is 5.92 Å². The molecule has 0 atom stereocenters. The molecule has 0 radical (unpaired) electrons. The van der Waals surface area contributed by atoms with Crippen LogP contribution in [-0.2, 0) is 0 Å². The number of rotatable bonds is 4. The predicted molar refractivity (Wildman–Crippen MR) is 63.4 cm³/mol. The molecule has 86 valence electrons. The number of hydrogen-bond donors (Lipinski definition) is 1. The molecule has 1 fully saturated rings. The quantitative estimate of drug-likeness (QED) is 0.496. The SMILES string of the molecule is Nc1nc(SCC2CCC2)ccc1[N+](=O)[O-]. The molecule has 1 aliphatic carbocycles. The molecular formula is C10H13N3O2S. The van der Waals surface area contributed by atoms with Gasteiger partial charge in [0.05, 0.1) is 9.95 Å². The van der Waals surface area contributed by atoms with Crippen molar-refractivity contribution in [1.29, 1.82) is 0 Å². The summed E-state index contributed by atoms with van der Waals surface area (Å²) in [6.45, 7) is 0. The molecule has 0 spiro atoms. The summed E-state index contributed by atoms with van der Waals surface area (Å²) in [5.74, 6) is 1.82. The van der Waals surface area contributed by atoms with Crippen LogP contribution in [0.4, 0.5) is 11.5 Å². The fraction of sp³-hybridized carbons (Fsp3) is 0.500. The number of nitrogens with zero attached hydrogens (tertiary/aromatic N) is 2. The van der Waals surface area contributed by atoms with Crippen LogP contribution in [-0.4, -0.2) is 15.7 Å². The number of anilines is 1. The Hall–Kier alpha value is -1.30. The Morgan fingerprint density at radius 2 is 2.31 bits per heavy atom. The van der Waals surface area contributed by atoms with Crippen molar-refractivity contribution >= 4 is 23.3 Å². The summed E-state index contributed by atoms with van der Waals surface area (Å²) in [6.07, 6.45) is 3.89. The molecule has 6 heteroatoms. The summed E-state index contributed by atoms with van der Waals surface area (Å²) >= 11 is 1.63. The van der Waals surface area contributed by atoms with E-state index in [1.165, 1.54) is 25.3 Å². The minimum Gasteiger partial charge on any atom is -0.378 e.